The van der Waals surface area contributed by atoms with Gasteiger partial charge in [0.25, 0.3) is 0 Å². The highest BCUT2D eigenvalue weighted by molar-refractivity contribution is 5.73. The summed E-state index contributed by atoms with van der Waals surface area (Å²) in [5, 5.41) is 14.2. The molecule has 1 spiro atoms. The molecule has 3 heterocycles. The standard InChI is InChI=1S/C19H28N2O3.2C2HF3O2/c1-20-13-19(10-16(20)12-22-2)5-7-21(8-6-19)11-15-3-4-17-18(9-15)24-14-23-17;2*3-2(4,5)1(6)7/h3-4,9,16H,5-8,10-14H2,1-2H3;2*(H,6,7). The highest BCUT2D eigenvalue weighted by Crippen LogP contribution is 2.43. The summed E-state index contributed by atoms with van der Waals surface area (Å²) in [6.07, 6.45) is -6.29. The van der Waals surface area contributed by atoms with Gasteiger partial charge in [-0.3, -0.25) is 4.90 Å². The second-order valence-corrected chi connectivity index (χ2v) is 9.30. The molecule has 38 heavy (non-hydrogen) atoms. The Labute approximate surface area is 214 Å². The minimum atomic E-state index is -5.08. The summed E-state index contributed by atoms with van der Waals surface area (Å²) in [4.78, 5) is 22.9. The van der Waals surface area contributed by atoms with Gasteiger partial charge >= 0.3 is 24.3 Å². The van der Waals surface area contributed by atoms with Gasteiger partial charge in [0.15, 0.2) is 11.5 Å². The number of fused-ring (bicyclic) bond motifs is 1. The molecule has 2 saturated heterocycles. The van der Waals surface area contributed by atoms with E-state index in [0.29, 0.717) is 18.2 Å². The van der Waals surface area contributed by atoms with E-state index >= 15 is 0 Å². The van der Waals surface area contributed by atoms with Crippen LogP contribution in [0.3, 0.4) is 0 Å². The highest BCUT2D eigenvalue weighted by Gasteiger charge is 2.44. The van der Waals surface area contributed by atoms with Gasteiger partial charge in [-0.15, -0.1) is 0 Å². The zero-order valence-electron chi connectivity index (χ0n) is 20.8. The number of benzene rings is 1. The van der Waals surface area contributed by atoms with Crippen LogP contribution in [-0.2, 0) is 20.9 Å². The molecular formula is C23H30F6N2O7. The zero-order chi connectivity index (χ0) is 28.7. The Balaban J connectivity index is 0.000000301. The molecule has 9 nitrogen and oxygen atoms in total. The van der Waals surface area contributed by atoms with Gasteiger partial charge in [-0.25, -0.2) is 9.59 Å². The van der Waals surface area contributed by atoms with Gasteiger partial charge in [-0.2, -0.15) is 26.3 Å². The van der Waals surface area contributed by atoms with Crippen molar-refractivity contribution >= 4 is 11.9 Å². The molecule has 1 unspecified atom stereocenters. The Morgan fingerprint density at radius 2 is 1.55 bits per heavy atom. The summed E-state index contributed by atoms with van der Waals surface area (Å²) in [6.45, 7) is 5.80. The van der Waals surface area contributed by atoms with Crippen LogP contribution >= 0.6 is 0 Å². The van der Waals surface area contributed by atoms with E-state index in [1.165, 1.54) is 44.5 Å². The molecule has 1 aromatic carbocycles. The van der Waals surface area contributed by atoms with Gasteiger partial charge in [-0.05, 0) is 62.5 Å². The van der Waals surface area contributed by atoms with Crippen LogP contribution < -0.4 is 9.47 Å². The smallest absolute Gasteiger partial charge is 0.475 e. The summed E-state index contributed by atoms with van der Waals surface area (Å²) in [6, 6.07) is 6.92. The lowest BCUT2D eigenvalue weighted by atomic mass is 9.76. The second kappa shape index (κ2) is 12.8. The lowest BCUT2D eigenvalue weighted by Crippen LogP contribution is -2.40. The topological polar surface area (TPSA) is 109 Å². The minimum Gasteiger partial charge on any atom is -0.475 e. The number of aliphatic carboxylic acids is 2. The molecule has 15 heteroatoms. The Kier molecular flexibility index (Phi) is 10.6. The van der Waals surface area contributed by atoms with Crippen LogP contribution in [0.25, 0.3) is 0 Å². The highest BCUT2D eigenvalue weighted by atomic mass is 19.4. The quantitative estimate of drug-likeness (QED) is 0.534. The molecule has 0 bridgehead atoms. The summed E-state index contributed by atoms with van der Waals surface area (Å²) < 4.78 is 79.8. The number of carboxylic acid groups (broad SMARTS) is 2. The molecule has 3 aliphatic rings. The lowest BCUT2D eigenvalue weighted by Gasteiger charge is -2.39. The fraction of sp³-hybridized carbons (Fsp3) is 0.652. The maximum Gasteiger partial charge on any atom is 0.490 e. The first-order valence-corrected chi connectivity index (χ1v) is 11.5. The van der Waals surface area contributed by atoms with Gasteiger partial charge in [0.05, 0.1) is 6.61 Å². The molecule has 2 N–H and O–H groups in total. The van der Waals surface area contributed by atoms with Crippen LogP contribution in [0.2, 0.25) is 0 Å². The van der Waals surface area contributed by atoms with E-state index in [4.69, 9.17) is 34.0 Å². The summed E-state index contributed by atoms with van der Waals surface area (Å²) >= 11 is 0. The van der Waals surface area contributed by atoms with E-state index in [1.54, 1.807) is 0 Å². The van der Waals surface area contributed by atoms with Crippen molar-refractivity contribution in [1.29, 1.82) is 0 Å². The molecule has 3 aliphatic heterocycles. The van der Waals surface area contributed by atoms with Gasteiger partial charge < -0.3 is 29.3 Å². The van der Waals surface area contributed by atoms with Crippen LogP contribution in [0, 0.1) is 5.41 Å². The number of hydrogen-bond acceptors (Lipinski definition) is 7. The van der Waals surface area contributed by atoms with E-state index in [-0.39, 0.29) is 0 Å². The van der Waals surface area contributed by atoms with Crippen molar-refractivity contribution < 1.29 is 60.4 Å². The Bertz CT molecular complexity index is 925. The molecule has 0 aromatic heterocycles. The number of piperidine rings is 1. The van der Waals surface area contributed by atoms with Crippen molar-refractivity contribution in [3.05, 3.63) is 23.8 Å². The molecule has 216 valence electrons. The van der Waals surface area contributed by atoms with Crippen LogP contribution in [0.15, 0.2) is 18.2 Å². The van der Waals surface area contributed by atoms with Gasteiger partial charge in [0.1, 0.15) is 0 Å². The number of carboxylic acids is 2. The molecule has 0 saturated carbocycles. The summed E-state index contributed by atoms with van der Waals surface area (Å²) in [5.41, 5.74) is 1.82. The average Bonchev–Trinajstić information content (AvgIpc) is 3.39. The first-order chi connectivity index (χ1) is 17.6. The maximum absolute atomic E-state index is 10.6. The fourth-order valence-electron chi connectivity index (χ4n) is 4.60. The van der Waals surface area contributed by atoms with E-state index in [9.17, 15) is 26.3 Å². The fourth-order valence-corrected chi connectivity index (χ4v) is 4.60. The number of halogens is 6. The first-order valence-electron chi connectivity index (χ1n) is 11.5. The normalized spacial score (nSPS) is 20.8. The summed E-state index contributed by atoms with van der Waals surface area (Å²) in [7, 11) is 4.06. The van der Waals surface area contributed by atoms with Crippen LogP contribution in [-0.4, -0.2) is 97.5 Å². The van der Waals surface area contributed by atoms with Gasteiger partial charge in [0.2, 0.25) is 6.79 Å². The predicted octanol–water partition coefficient (Wildman–Crippen LogP) is 3.61. The molecule has 0 radical (unpaired) electrons. The predicted molar refractivity (Wildman–Crippen MR) is 120 cm³/mol. The maximum atomic E-state index is 10.6. The Morgan fingerprint density at radius 3 is 2.05 bits per heavy atom. The van der Waals surface area contributed by atoms with Crippen molar-refractivity contribution in [2.45, 2.75) is 44.2 Å². The number of carbonyl (C=O) groups is 2. The monoisotopic (exact) mass is 560 g/mol. The van der Waals surface area contributed by atoms with Crippen molar-refractivity contribution in [1.82, 2.24) is 9.80 Å². The zero-order valence-corrected chi connectivity index (χ0v) is 20.8. The minimum absolute atomic E-state index is 0.348. The number of nitrogens with zero attached hydrogens (tertiary/aromatic N) is 2. The lowest BCUT2D eigenvalue weighted by molar-refractivity contribution is -0.193. The van der Waals surface area contributed by atoms with Gasteiger partial charge in [-0.1, -0.05) is 6.07 Å². The average molecular weight is 560 g/mol. The van der Waals surface area contributed by atoms with Crippen LogP contribution in [0.4, 0.5) is 26.3 Å². The molecule has 1 atom stereocenters. The molecule has 0 amide bonds. The third kappa shape index (κ3) is 9.20. The van der Waals surface area contributed by atoms with Crippen molar-refractivity contribution in [2.24, 2.45) is 5.41 Å². The molecule has 2 fully saturated rings. The number of likely N-dealkylation sites (N-methyl/N-ethyl adjacent to an activating group) is 1. The largest absolute Gasteiger partial charge is 0.490 e. The number of methoxy groups -OCH3 is 1. The molecule has 0 aliphatic carbocycles. The molecule has 4 rings (SSSR count). The molecule has 1 aromatic rings. The van der Waals surface area contributed by atoms with Crippen LogP contribution in [0.1, 0.15) is 24.8 Å². The number of hydrogen-bond donors (Lipinski definition) is 2. The number of alkyl halides is 6. The molecular weight excluding hydrogens is 530 g/mol. The van der Waals surface area contributed by atoms with E-state index in [2.05, 4.69) is 29.0 Å². The number of likely N-dealkylation sites (tertiary alicyclic amines) is 2. The van der Waals surface area contributed by atoms with Crippen molar-refractivity contribution in [3.63, 3.8) is 0 Å². The first kappa shape index (κ1) is 31.4. The second-order valence-electron chi connectivity index (χ2n) is 9.30. The number of rotatable bonds is 4. The Hall–Kier alpha value is -2.78. The van der Waals surface area contributed by atoms with E-state index in [1.807, 2.05) is 13.2 Å². The van der Waals surface area contributed by atoms with Crippen molar-refractivity contribution in [2.75, 3.05) is 47.2 Å². The van der Waals surface area contributed by atoms with E-state index in [0.717, 1.165) is 24.7 Å². The van der Waals surface area contributed by atoms with Crippen LogP contribution in [0.5, 0.6) is 11.5 Å². The van der Waals surface area contributed by atoms with Crippen molar-refractivity contribution in [3.8, 4) is 11.5 Å². The SMILES string of the molecule is COCC1CC2(CCN(Cc3ccc4c(c3)OCO4)CC2)CN1C.O=C(O)C(F)(F)F.O=C(O)C(F)(F)F. The van der Waals surface area contributed by atoms with Gasteiger partial charge in [0, 0.05) is 26.2 Å². The number of ether oxygens (including phenoxy) is 3. The van der Waals surface area contributed by atoms with E-state index < -0.39 is 24.3 Å². The Morgan fingerprint density at radius 1 is 1.03 bits per heavy atom. The third-order valence-electron chi connectivity index (χ3n) is 6.48. The summed E-state index contributed by atoms with van der Waals surface area (Å²) in [5.74, 6) is -3.75. The third-order valence-corrected chi connectivity index (χ3v) is 6.48.